The molecule has 0 aliphatic rings. The molecule has 12 rings (SSSR count). The van der Waals surface area contributed by atoms with Crippen LogP contribution in [0.5, 0.6) is 0 Å². The number of fused-ring (bicyclic) bond motifs is 1. The van der Waals surface area contributed by atoms with Gasteiger partial charge in [0.2, 0.25) is 0 Å². The van der Waals surface area contributed by atoms with E-state index in [0.29, 0.717) is 11.8 Å². The largest absolute Gasteiger partial charge is 0.311 e. The van der Waals surface area contributed by atoms with E-state index >= 15 is 0 Å². The average molecular weight is 1140 g/mol. The average Bonchev–Trinajstić information content (AvgIpc) is 3.75. The minimum atomic E-state index is 0.442. The van der Waals surface area contributed by atoms with Crippen molar-refractivity contribution < 1.29 is 0 Å². The third-order valence-corrected chi connectivity index (χ3v) is 16.6. The molecule has 0 N–H and O–H groups in total. The fourth-order valence-corrected chi connectivity index (χ4v) is 11.5. The second-order valence-corrected chi connectivity index (χ2v) is 23.6. The Bertz CT molecular complexity index is 4110. The van der Waals surface area contributed by atoms with Crippen LogP contribution in [0.25, 0.3) is 58.4 Å². The van der Waals surface area contributed by atoms with Gasteiger partial charge in [-0.05, 0) is 211 Å². The highest BCUT2D eigenvalue weighted by Gasteiger charge is 2.17. The van der Waals surface area contributed by atoms with E-state index in [2.05, 4.69) is 379 Å². The van der Waals surface area contributed by atoms with Crippen LogP contribution < -0.4 is 9.80 Å². The molecule has 2 heteroatoms. The van der Waals surface area contributed by atoms with E-state index in [9.17, 15) is 0 Å². The van der Waals surface area contributed by atoms with Gasteiger partial charge in [0.15, 0.2) is 0 Å². The minimum Gasteiger partial charge on any atom is -0.311 e. The van der Waals surface area contributed by atoms with Crippen molar-refractivity contribution in [1.29, 1.82) is 0 Å². The number of hydrogen-bond donors (Lipinski definition) is 0. The lowest BCUT2D eigenvalue weighted by Crippen LogP contribution is -2.10. The van der Waals surface area contributed by atoms with E-state index in [1.807, 2.05) is 0 Å². The molecule has 0 saturated carbocycles. The topological polar surface area (TPSA) is 6.48 Å². The lowest BCUT2D eigenvalue weighted by Gasteiger charge is -2.26. The summed E-state index contributed by atoms with van der Waals surface area (Å²) in [6.45, 7) is 13.3. The number of benzene rings is 12. The highest BCUT2D eigenvalue weighted by atomic mass is 15.1. The van der Waals surface area contributed by atoms with Gasteiger partial charge in [0, 0.05) is 34.1 Å². The van der Waals surface area contributed by atoms with Gasteiger partial charge in [-0.25, -0.2) is 0 Å². The molecule has 12 aromatic rings. The van der Waals surface area contributed by atoms with Gasteiger partial charge in [-0.15, -0.1) is 0 Å². The standard InChI is InChI=1S/C86H74N2/c1-61(2)69-41-53-83(54-42-69)87(81-49-31-67(32-50-81)57-85(71-15-9-7-10-16-71)73-35-21-63(5)22-36-73)79-45-27-65(28-46-79)25-39-77-59-75-19-13-14-20-76(75)60-78(77)40-26-66-29-47-80(48-30-66)88(84-55-43-70(44-56-84)62(3)4)82-51-33-68(34-52-82)58-86(72-17-11-8-12-18-72)74-37-23-64(6)24-38-74/h7-62H,1-6H3/b39-25+,40-26+,85-57+,86-58+. The summed E-state index contributed by atoms with van der Waals surface area (Å²) in [7, 11) is 0. The molecule has 0 aliphatic heterocycles. The van der Waals surface area contributed by atoms with Crippen LogP contribution in [0.3, 0.4) is 0 Å². The summed E-state index contributed by atoms with van der Waals surface area (Å²) in [6.07, 6.45) is 13.6. The SMILES string of the molecule is Cc1ccc(/C(=C/c2ccc(N(c3ccc(/C=C/c4cc5ccccc5cc4/C=C/c4ccc(N(c5ccc(/C=C(\c6ccccc6)c6ccc(C)cc6)cc5)c5ccc(C(C)C)cc5)cc4)cc3)c3ccc(C(C)C)cc3)cc2)c2ccccc2)cc1. The number of anilines is 6. The molecule has 0 heterocycles. The Labute approximate surface area is 521 Å². The molecule has 0 bridgehead atoms. The Morgan fingerprint density at radius 1 is 0.273 bits per heavy atom. The molecular weight excluding hydrogens is 1060 g/mol. The number of hydrogen-bond acceptors (Lipinski definition) is 2. The normalized spacial score (nSPS) is 12.0. The van der Waals surface area contributed by atoms with Crippen molar-refractivity contribution in [3.05, 3.63) is 369 Å². The lowest BCUT2D eigenvalue weighted by molar-refractivity contribution is 0.866. The monoisotopic (exact) mass is 1130 g/mol. The van der Waals surface area contributed by atoms with Crippen molar-refractivity contribution in [2.45, 2.75) is 53.4 Å². The minimum absolute atomic E-state index is 0.442. The van der Waals surface area contributed by atoms with Crippen LogP contribution in [-0.4, -0.2) is 0 Å². The van der Waals surface area contributed by atoms with E-state index in [-0.39, 0.29) is 0 Å². The quantitative estimate of drug-likeness (QED) is 0.0790. The molecule has 0 fully saturated rings. The van der Waals surface area contributed by atoms with Gasteiger partial charge in [-0.3, -0.25) is 0 Å². The Morgan fingerprint density at radius 2 is 0.545 bits per heavy atom. The maximum Gasteiger partial charge on any atom is 0.0462 e. The zero-order chi connectivity index (χ0) is 60.3. The molecule has 2 nitrogen and oxygen atoms in total. The second-order valence-electron chi connectivity index (χ2n) is 23.6. The van der Waals surface area contributed by atoms with Gasteiger partial charge in [-0.2, -0.15) is 0 Å². The maximum atomic E-state index is 2.36. The van der Waals surface area contributed by atoms with Crippen molar-refractivity contribution in [1.82, 2.24) is 0 Å². The first kappa shape index (κ1) is 57.9. The Balaban J connectivity index is 0.816. The highest BCUT2D eigenvalue weighted by molar-refractivity contribution is 5.95. The van der Waals surface area contributed by atoms with Gasteiger partial charge >= 0.3 is 0 Å². The fraction of sp³-hybridized carbons (Fsp3) is 0.0930. The summed E-state index contributed by atoms with van der Waals surface area (Å²) < 4.78 is 0. The Morgan fingerprint density at radius 3 is 0.852 bits per heavy atom. The van der Waals surface area contributed by atoms with Gasteiger partial charge in [0.25, 0.3) is 0 Å². The highest BCUT2D eigenvalue weighted by Crippen LogP contribution is 2.39. The second kappa shape index (κ2) is 26.8. The number of aryl methyl sites for hydroxylation is 2. The van der Waals surface area contributed by atoms with Crippen molar-refractivity contribution in [2.75, 3.05) is 9.80 Å². The first-order valence-electron chi connectivity index (χ1n) is 30.8. The van der Waals surface area contributed by atoms with Crippen molar-refractivity contribution in [3.63, 3.8) is 0 Å². The molecule has 88 heavy (non-hydrogen) atoms. The van der Waals surface area contributed by atoms with Gasteiger partial charge < -0.3 is 9.80 Å². The van der Waals surface area contributed by atoms with Crippen LogP contribution in [0.1, 0.15) is 117 Å². The maximum absolute atomic E-state index is 2.36. The van der Waals surface area contributed by atoms with Crippen LogP contribution in [0, 0.1) is 13.8 Å². The zero-order valence-electron chi connectivity index (χ0n) is 51.2. The first-order valence-corrected chi connectivity index (χ1v) is 30.8. The van der Waals surface area contributed by atoms with E-state index in [0.717, 1.165) is 67.5 Å². The molecule has 0 amide bonds. The predicted octanol–water partition coefficient (Wildman–Crippen LogP) is 24.2. The van der Waals surface area contributed by atoms with Crippen LogP contribution in [0.15, 0.2) is 291 Å². The first-order chi connectivity index (χ1) is 43.0. The molecule has 0 unspecified atom stereocenters. The van der Waals surface area contributed by atoms with Gasteiger partial charge in [0.1, 0.15) is 0 Å². The Hall–Kier alpha value is -10.5. The van der Waals surface area contributed by atoms with E-state index in [1.165, 1.54) is 66.4 Å². The third kappa shape index (κ3) is 13.7. The van der Waals surface area contributed by atoms with E-state index < -0.39 is 0 Å². The number of rotatable bonds is 18. The van der Waals surface area contributed by atoms with Crippen LogP contribution >= 0.6 is 0 Å². The van der Waals surface area contributed by atoms with E-state index in [1.54, 1.807) is 0 Å². The molecule has 0 aliphatic carbocycles. The fourth-order valence-electron chi connectivity index (χ4n) is 11.5. The molecule has 0 atom stereocenters. The molecule has 428 valence electrons. The molecule has 12 aromatic carbocycles. The third-order valence-electron chi connectivity index (χ3n) is 16.6. The van der Waals surface area contributed by atoms with Gasteiger partial charge in [-0.1, -0.05) is 269 Å². The van der Waals surface area contributed by atoms with Crippen LogP contribution in [-0.2, 0) is 0 Å². The van der Waals surface area contributed by atoms with Crippen molar-refractivity contribution in [3.8, 4) is 0 Å². The predicted molar refractivity (Wildman–Crippen MR) is 381 cm³/mol. The summed E-state index contributed by atoms with van der Waals surface area (Å²) in [4.78, 5) is 4.71. The molecule has 0 saturated heterocycles. The van der Waals surface area contributed by atoms with Crippen molar-refractivity contribution in [2.24, 2.45) is 0 Å². The molecule has 0 aromatic heterocycles. The summed E-state index contributed by atoms with van der Waals surface area (Å²) in [5.74, 6) is 0.884. The molecule has 0 radical (unpaired) electrons. The zero-order valence-corrected chi connectivity index (χ0v) is 51.2. The smallest absolute Gasteiger partial charge is 0.0462 e. The van der Waals surface area contributed by atoms with Crippen LogP contribution in [0.2, 0.25) is 0 Å². The summed E-state index contributed by atoms with van der Waals surface area (Å²) in [5, 5.41) is 2.42. The van der Waals surface area contributed by atoms with E-state index in [4.69, 9.17) is 0 Å². The summed E-state index contributed by atoms with van der Waals surface area (Å²) in [6, 6.07) is 106. The van der Waals surface area contributed by atoms with Crippen molar-refractivity contribution >= 4 is 92.5 Å². The number of nitrogens with zero attached hydrogens (tertiary/aromatic N) is 2. The van der Waals surface area contributed by atoms with Gasteiger partial charge in [0.05, 0.1) is 0 Å². The lowest BCUT2D eigenvalue weighted by atomic mass is 9.95. The molecule has 0 spiro atoms. The Kier molecular flexibility index (Phi) is 17.6. The summed E-state index contributed by atoms with van der Waals surface area (Å²) in [5.41, 5.74) is 25.7. The summed E-state index contributed by atoms with van der Waals surface area (Å²) >= 11 is 0. The van der Waals surface area contributed by atoms with Crippen LogP contribution in [0.4, 0.5) is 34.1 Å². The molecular formula is C86H74N2.